The van der Waals surface area contributed by atoms with Crippen LogP contribution in [0.15, 0.2) is 24.3 Å². The van der Waals surface area contributed by atoms with Gasteiger partial charge in [-0.05, 0) is 49.1 Å². The molecule has 21 heavy (non-hydrogen) atoms. The quantitative estimate of drug-likeness (QED) is 0.839. The van der Waals surface area contributed by atoms with Crippen LogP contribution in [0.5, 0.6) is 0 Å². The van der Waals surface area contributed by atoms with Gasteiger partial charge in [0.15, 0.2) is 0 Å². The van der Waals surface area contributed by atoms with E-state index in [1.807, 2.05) is 6.07 Å². The molecule has 0 atom stereocenters. The van der Waals surface area contributed by atoms with Gasteiger partial charge in [0, 0.05) is 10.4 Å². The summed E-state index contributed by atoms with van der Waals surface area (Å²) < 4.78 is 0. The molecule has 108 valence electrons. The highest BCUT2D eigenvalue weighted by Gasteiger charge is 2.19. The molecule has 6 heteroatoms. The van der Waals surface area contributed by atoms with E-state index in [9.17, 15) is 4.79 Å². The summed E-state index contributed by atoms with van der Waals surface area (Å²) in [5.74, 6) is -0.126. The van der Waals surface area contributed by atoms with E-state index in [4.69, 9.17) is 29.6 Å². The Morgan fingerprint density at radius 3 is 2.81 bits per heavy atom. The van der Waals surface area contributed by atoms with Gasteiger partial charge in [-0.3, -0.25) is 4.79 Å². The number of hydrogen-bond acceptors (Lipinski definition) is 3. The van der Waals surface area contributed by atoms with Crippen LogP contribution in [0.25, 0.3) is 0 Å². The van der Waals surface area contributed by atoms with Gasteiger partial charge >= 0.3 is 0 Å². The molecule has 3 rings (SSSR count). The number of amides is 1. The van der Waals surface area contributed by atoms with Gasteiger partial charge in [0.25, 0.3) is 5.91 Å². The van der Waals surface area contributed by atoms with E-state index in [0.717, 1.165) is 17.7 Å². The first kappa shape index (κ1) is 14.5. The Hall–Kier alpha value is -1.43. The number of benzene rings is 1. The summed E-state index contributed by atoms with van der Waals surface area (Å²) >= 11 is 12.6. The summed E-state index contributed by atoms with van der Waals surface area (Å²) in [6, 6.07) is 7.11. The number of nitrogens with one attached hydrogen (secondary N) is 1. The van der Waals surface area contributed by atoms with Gasteiger partial charge in [-0.25, -0.2) is 0 Å². The number of aryl methyl sites for hydroxylation is 2. The summed E-state index contributed by atoms with van der Waals surface area (Å²) in [5.41, 5.74) is 8.11. The van der Waals surface area contributed by atoms with Crippen molar-refractivity contribution in [2.45, 2.75) is 19.3 Å². The van der Waals surface area contributed by atoms with Crippen LogP contribution in [0.4, 0.5) is 5.69 Å². The molecule has 1 aliphatic rings. The first-order valence-corrected chi connectivity index (χ1v) is 8.17. The van der Waals surface area contributed by atoms with Crippen LogP contribution in [0.2, 0.25) is 5.02 Å². The molecule has 0 bridgehead atoms. The molecule has 1 aliphatic carbocycles. The molecule has 1 aromatic carbocycles. The van der Waals surface area contributed by atoms with Gasteiger partial charge in [0.1, 0.15) is 4.99 Å². The molecule has 0 fully saturated rings. The average molecular weight is 337 g/mol. The van der Waals surface area contributed by atoms with E-state index in [0.29, 0.717) is 16.3 Å². The fourth-order valence-electron chi connectivity index (χ4n) is 2.39. The Morgan fingerprint density at radius 2 is 2.14 bits per heavy atom. The zero-order chi connectivity index (χ0) is 15.0. The second-order valence-electron chi connectivity index (χ2n) is 4.93. The Morgan fingerprint density at radius 1 is 1.33 bits per heavy atom. The van der Waals surface area contributed by atoms with Crippen LogP contribution in [-0.4, -0.2) is 10.9 Å². The van der Waals surface area contributed by atoms with Crippen LogP contribution in [0.1, 0.15) is 32.1 Å². The smallest absolute Gasteiger partial charge is 0.265 e. The van der Waals surface area contributed by atoms with Crippen LogP contribution in [0.3, 0.4) is 0 Å². The number of halogens is 1. The summed E-state index contributed by atoms with van der Waals surface area (Å²) in [4.78, 5) is 14.6. The summed E-state index contributed by atoms with van der Waals surface area (Å²) in [7, 11) is 0. The molecular weight excluding hydrogens is 324 g/mol. The first-order chi connectivity index (χ1) is 10.0. The summed E-state index contributed by atoms with van der Waals surface area (Å²) in [6.45, 7) is 0. The second-order valence-corrected chi connectivity index (χ2v) is 6.91. The zero-order valence-electron chi connectivity index (χ0n) is 11.1. The lowest BCUT2D eigenvalue weighted by atomic mass is 10.2. The molecule has 0 saturated carbocycles. The predicted molar refractivity (Wildman–Crippen MR) is 91.6 cm³/mol. The molecule has 0 saturated heterocycles. The number of anilines is 1. The minimum atomic E-state index is -0.126. The van der Waals surface area contributed by atoms with E-state index in [-0.39, 0.29) is 10.9 Å². The molecule has 0 aliphatic heterocycles. The lowest BCUT2D eigenvalue weighted by molar-refractivity contribution is 0.103. The number of hydrogen-bond donors (Lipinski definition) is 2. The van der Waals surface area contributed by atoms with E-state index in [2.05, 4.69) is 5.32 Å². The summed E-state index contributed by atoms with van der Waals surface area (Å²) in [5, 5.41) is 3.27. The van der Waals surface area contributed by atoms with Crippen molar-refractivity contribution in [3.05, 3.63) is 50.2 Å². The first-order valence-electron chi connectivity index (χ1n) is 6.57. The molecule has 3 nitrogen and oxygen atoms in total. The maximum atomic E-state index is 12.3. The van der Waals surface area contributed by atoms with Gasteiger partial charge in [-0.15, -0.1) is 11.3 Å². The molecule has 3 N–H and O–H groups in total. The fraction of sp³-hybridized carbons (Fsp3) is 0.200. The lowest BCUT2D eigenvalue weighted by Crippen LogP contribution is -2.12. The Kier molecular flexibility index (Phi) is 3.97. The predicted octanol–water partition coefficient (Wildman–Crippen LogP) is 3.78. The van der Waals surface area contributed by atoms with Gasteiger partial charge in [-0.2, -0.15) is 0 Å². The van der Waals surface area contributed by atoms with Gasteiger partial charge < -0.3 is 11.1 Å². The molecule has 0 radical (unpaired) electrons. The number of nitrogens with two attached hydrogens (primary N) is 1. The maximum absolute atomic E-state index is 12.3. The summed E-state index contributed by atoms with van der Waals surface area (Å²) in [6.07, 6.45) is 3.34. The lowest BCUT2D eigenvalue weighted by Gasteiger charge is -2.07. The van der Waals surface area contributed by atoms with Crippen LogP contribution < -0.4 is 11.1 Å². The molecule has 1 heterocycles. The van der Waals surface area contributed by atoms with Crippen molar-refractivity contribution in [1.29, 1.82) is 0 Å². The van der Waals surface area contributed by atoms with E-state index >= 15 is 0 Å². The van der Waals surface area contributed by atoms with Crippen molar-refractivity contribution < 1.29 is 4.79 Å². The second kappa shape index (κ2) is 5.75. The molecule has 0 unspecified atom stereocenters. The monoisotopic (exact) mass is 336 g/mol. The molecule has 0 spiro atoms. The molecular formula is C15H13ClN2OS2. The van der Waals surface area contributed by atoms with Gasteiger partial charge in [0.2, 0.25) is 0 Å². The number of fused-ring (bicyclic) bond motifs is 1. The fourth-order valence-corrected chi connectivity index (χ4v) is 3.90. The number of rotatable bonds is 3. The van der Waals surface area contributed by atoms with Crippen molar-refractivity contribution in [3.63, 3.8) is 0 Å². The Bertz CT molecular complexity index is 718. The molecule has 2 aromatic rings. The van der Waals surface area contributed by atoms with Crippen molar-refractivity contribution >= 4 is 51.7 Å². The Balaban J connectivity index is 1.79. The van der Waals surface area contributed by atoms with E-state index in [1.54, 1.807) is 29.5 Å². The third-order valence-electron chi connectivity index (χ3n) is 3.47. The molecule has 1 amide bonds. The van der Waals surface area contributed by atoms with E-state index < -0.39 is 0 Å². The molecule has 1 aromatic heterocycles. The standard InChI is InChI=1S/C15H13ClN2OS2/c16-10-6-9(14(17)20)4-5-11(10)18-15(19)13-7-8-2-1-3-12(8)21-13/h4-7H,1-3H2,(H2,17,20)(H,18,19). The van der Waals surface area contributed by atoms with Gasteiger partial charge in [0.05, 0.1) is 15.6 Å². The number of thiophene rings is 1. The zero-order valence-corrected chi connectivity index (χ0v) is 13.5. The average Bonchev–Trinajstić information content (AvgIpc) is 3.01. The third kappa shape index (κ3) is 2.95. The van der Waals surface area contributed by atoms with Crippen LogP contribution >= 0.6 is 35.2 Å². The number of carbonyl (C=O) groups is 1. The normalized spacial score (nSPS) is 13.0. The SMILES string of the molecule is NC(=S)c1ccc(NC(=O)c2cc3c(s2)CCC3)c(Cl)c1. The Labute approximate surface area is 137 Å². The van der Waals surface area contributed by atoms with Crippen LogP contribution in [-0.2, 0) is 12.8 Å². The van der Waals surface area contributed by atoms with Crippen molar-refractivity contribution in [2.75, 3.05) is 5.32 Å². The topological polar surface area (TPSA) is 55.1 Å². The minimum Gasteiger partial charge on any atom is -0.389 e. The highest BCUT2D eigenvalue weighted by molar-refractivity contribution is 7.80. The van der Waals surface area contributed by atoms with Crippen LogP contribution in [0, 0.1) is 0 Å². The third-order valence-corrected chi connectivity index (χ3v) is 5.26. The van der Waals surface area contributed by atoms with Crippen molar-refractivity contribution in [3.8, 4) is 0 Å². The van der Waals surface area contributed by atoms with E-state index in [1.165, 1.54) is 16.9 Å². The number of thiocarbonyl (C=S) groups is 1. The van der Waals surface area contributed by atoms with Crippen molar-refractivity contribution in [2.24, 2.45) is 5.73 Å². The largest absolute Gasteiger partial charge is 0.389 e. The maximum Gasteiger partial charge on any atom is 0.265 e. The highest BCUT2D eigenvalue weighted by Crippen LogP contribution is 2.31. The van der Waals surface area contributed by atoms with Crippen molar-refractivity contribution in [1.82, 2.24) is 0 Å². The van der Waals surface area contributed by atoms with Gasteiger partial charge in [-0.1, -0.05) is 23.8 Å². The minimum absolute atomic E-state index is 0.126. The number of carbonyl (C=O) groups excluding carboxylic acids is 1. The highest BCUT2D eigenvalue weighted by atomic mass is 35.5.